The van der Waals surface area contributed by atoms with E-state index in [-0.39, 0.29) is 5.78 Å². The second-order valence-electron chi connectivity index (χ2n) is 5.96. The highest BCUT2D eigenvalue weighted by Gasteiger charge is 2.23. The zero-order chi connectivity index (χ0) is 15.0. The fraction of sp³-hybridized carbons (Fsp3) is 0.250. The minimum absolute atomic E-state index is 0.200. The first-order chi connectivity index (χ1) is 10.1. The van der Waals surface area contributed by atoms with Crippen molar-refractivity contribution in [2.75, 3.05) is 0 Å². The highest BCUT2D eigenvalue weighted by molar-refractivity contribution is 6.13. The minimum Gasteiger partial charge on any atom is -0.289 e. The molecule has 0 saturated heterocycles. The molecule has 1 aliphatic carbocycles. The molecule has 0 spiro atoms. The molecule has 2 aromatic carbocycles. The molecule has 0 heterocycles. The van der Waals surface area contributed by atoms with Crippen LogP contribution in [-0.2, 0) is 6.42 Å². The molecule has 0 fully saturated rings. The topological polar surface area (TPSA) is 17.1 Å². The summed E-state index contributed by atoms with van der Waals surface area (Å²) in [6.45, 7) is 6.25. The second kappa shape index (κ2) is 5.33. The van der Waals surface area contributed by atoms with E-state index in [1.807, 2.05) is 18.2 Å². The van der Waals surface area contributed by atoms with Crippen LogP contribution in [0.5, 0.6) is 0 Å². The van der Waals surface area contributed by atoms with Crippen LogP contribution in [0.2, 0.25) is 0 Å². The fourth-order valence-electron chi connectivity index (χ4n) is 3.15. The molecular weight excluding hydrogens is 256 g/mol. The van der Waals surface area contributed by atoms with E-state index in [1.165, 1.54) is 16.7 Å². The summed E-state index contributed by atoms with van der Waals surface area (Å²) in [5, 5.41) is 0. The SMILES string of the molecule is Cc1cc(C)c2c(c1)C(=O)/C(=C\c1ccccc1C)CC2. The first-order valence-electron chi connectivity index (χ1n) is 7.47. The first kappa shape index (κ1) is 13.8. The Balaban J connectivity index is 2.05. The molecule has 0 radical (unpaired) electrons. The third-order valence-corrected chi connectivity index (χ3v) is 4.32. The van der Waals surface area contributed by atoms with Gasteiger partial charge in [-0.2, -0.15) is 0 Å². The van der Waals surface area contributed by atoms with E-state index in [4.69, 9.17) is 0 Å². The van der Waals surface area contributed by atoms with Crippen molar-refractivity contribution in [2.24, 2.45) is 0 Å². The highest BCUT2D eigenvalue weighted by Crippen LogP contribution is 2.30. The number of rotatable bonds is 1. The van der Waals surface area contributed by atoms with Crippen LogP contribution in [0, 0.1) is 20.8 Å². The Morgan fingerprint density at radius 1 is 0.952 bits per heavy atom. The zero-order valence-corrected chi connectivity index (χ0v) is 12.9. The summed E-state index contributed by atoms with van der Waals surface area (Å²) in [4.78, 5) is 12.8. The number of ketones is 1. The van der Waals surface area contributed by atoms with Gasteiger partial charge in [-0.25, -0.2) is 0 Å². The van der Waals surface area contributed by atoms with Crippen LogP contribution in [0.15, 0.2) is 42.0 Å². The molecule has 106 valence electrons. The molecule has 21 heavy (non-hydrogen) atoms. The minimum atomic E-state index is 0.200. The largest absolute Gasteiger partial charge is 0.289 e. The maximum atomic E-state index is 12.8. The Morgan fingerprint density at radius 3 is 2.48 bits per heavy atom. The van der Waals surface area contributed by atoms with Crippen LogP contribution >= 0.6 is 0 Å². The summed E-state index contributed by atoms with van der Waals surface area (Å²) in [5.74, 6) is 0.200. The Morgan fingerprint density at radius 2 is 1.71 bits per heavy atom. The van der Waals surface area contributed by atoms with Gasteiger partial charge >= 0.3 is 0 Å². The highest BCUT2D eigenvalue weighted by atomic mass is 16.1. The zero-order valence-electron chi connectivity index (χ0n) is 12.9. The van der Waals surface area contributed by atoms with E-state index in [0.717, 1.165) is 35.1 Å². The maximum absolute atomic E-state index is 12.8. The van der Waals surface area contributed by atoms with Crippen molar-refractivity contribution >= 4 is 11.9 Å². The monoisotopic (exact) mass is 276 g/mol. The van der Waals surface area contributed by atoms with Gasteiger partial charge in [0.05, 0.1) is 0 Å². The average molecular weight is 276 g/mol. The number of fused-ring (bicyclic) bond motifs is 1. The van der Waals surface area contributed by atoms with E-state index in [9.17, 15) is 4.79 Å². The smallest absolute Gasteiger partial charge is 0.189 e. The third kappa shape index (κ3) is 2.56. The van der Waals surface area contributed by atoms with Crippen LogP contribution in [-0.4, -0.2) is 5.78 Å². The van der Waals surface area contributed by atoms with Gasteiger partial charge < -0.3 is 0 Å². The molecule has 0 amide bonds. The summed E-state index contributed by atoms with van der Waals surface area (Å²) in [6.07, 6.45) is 3.87. The second-order valence-corrected chi connectivity index (χ2v) is 5.96. The van der Waals surface area contributed by atoms with Gasteiger partial charge in [0, 0.05) is 11.1 Å². The lowest BCUT2D eigenvalue weighted by Crippen LogP contribution is -2.15. The number of aryl methyl sites for hydroxylation is 3. The molecule has 0 aromatic heterocycles. The number of Topliss-reactive ketones (excluding diaryl/α,β-unsaturated/α-hetero) is 1. The summed E-state index contributed by atoms with van der Waals surface area (Å²) >= 11 is 0. The van der Waals surface area contributed by atoms with Crippen molar-refractivity contribution in [1.29, 1.82) is 0 Å². The Labute approximate surface area is 126 Å². The molecule has 0 aliphatic heterocycles. The standard InChI is InChI=1S/C20H20O/c1-13-10-15(3)18-9-8-17(20(21)19(18)11-13)12-16-7-5-4-6-14(16)2/h4-7,10-12H,8-9H2,1-3H3/b17-12-. The Kier molecular flexibility index (Phi) is 3.50. The molecule has 1 heteroatoms. The van der Waals surface area contributed by atoms with E-state index in [0.29, 0.717) is 0 Å². The lowest BCUT2D eigenvalue weighted by molar-refractivity contribution is 0.102. The van der Waals surface area contributed by atoms with Crippen LogP contribution in [0.1, 0.15) is 44.6 Å². The maximum Gasteiger partial charge on any atom is 0.189 e. The van der Waals surface area contributed by atoms with E-state index < -0.39 is 0 Å². The van der Waals surface area contributed by atoms with Gasteiger partial charge in [0.25, 0.3) is 0 Å². The number of allylic oxidation sites excluding steroid dienone is 1. The van der Waals surface area contributed by atoms with E-state index in [1.54, 1.807) is 0 Å². The number of hydrogen-bond acceptors (Lipinski definition) is 1. The van der Waals surface area contributed by atoms with Gasteiger partial charge in [0.15, 0.2) is 5.78 Å². The van der Waals surface area contributed by atoms with Gasteiger partial charge in [-0.1, -0.05) is 35.9 Å². The average Bonchev–Trinajstić information content (AvgIpc) is 2.44. The molecule has 0 saturated carbocycles. The predicted octanol–water partition coefficient (Wildman–Crippen LogP) is 4.82. The Bertz CT molecular complexity index is 750. The molecule has 0 atom stereocenters. The number of hydrogen-bond donors (Lipinski definition) is 0. The molecule has 0 bridgehead atoms. The molecule has 1 nitrogen and oxygen atoms in total. The van der Waals surface area contributed by atoms with E-state index in [2.05, 4.69) is 45.0 Å². The van der Waals surface area contributed by atoms with Crippen LogP contribution < -0.4 is 0 Å². The molecule has 0 unspecified atom stereocenters. The number of carbonyl (C=O) groups is 1. The predicted molar refractivity (Wildman–Crippen MR) is 87.7 cm³/mol. The summed E-state index contributed by atoms with van der Waals surface area (Å²) in [7, 11) is 0. The van der Waals surface area contributed by atoms with Crippen molar-refractivity contribution in [1.82, 2.24) is 0 Å². The lowest BCUT2D eigenvalue weighted by Gasteiger charge is -2.20. The lowest BCUT2D eigenvalue weighted by atomic mass is 9.83. The molecule has 2 aromatic rings. The molecular formula is C20H20O. The van der Waals surface area contributed by atoms with Gasteiger partial charge in [-0.3, -0.25) is 4.79 Å². The molecule has 3 rings (SSSR count). The van der Waals surface area contributed by atoms with Crippen molar-refractivity contribution in [2.45, 2.75) is 33.6 Å². The number of benzene rings is 2. The van der Waals surface area contributed by atoms with Crippen LogP contribution in [0.3, 0.4) is 0 Å². The fourth-order valence-corrected chi connectivity index (χ4v) is 3.15. The van der Waals surface area contributed by atoms with Gasteiger partial charge in [0.2, 0.25) is 0 Å². The van der Waals surface area contributed by atoms with Crippen molar-refractivity contribution in [3.05, 3.63) is 75.4 Å². The first-order valence-corrected chi connectivity index (χ1v) is 7.47. The number of carbonyl (C=O) groups excluding carboxylic acids is 1. The van der Waals surface area contributed by atoms with Gasteiger partial charge in [0.1, 0.15) is 0 Å². The molecule has 0 N–H and O–H groups in total. The molecule has 1 aliphatic rings. The summed E-state index contributed by atoms with van der Waals surface area (Å²) < 4.78 is 0. The van der Waals surface area contributed by atoms with Crippen molar-refractivity contribution in [3.8, 4) is 0 Å². The summed E-state index contributed by atoms with van der Waals surface area (Å²) in [6, 6.07) is 12.4. The summed E-state index contributed by atoms with van der Waals surface area (Å²) in [5.41, 5.74) is 7.83. The third-order valence-electron chi connectivity index (χ3n) is 4.32. The Hall–Kier alpha value is -2.15. The van der Waals surface area contributed by atoms with Gasteiger partial charge in [-0.15, -0.1) is 0 Å². The van der Waals surface area contributed by atoms with Crippen molar-refractivity contribution < 1.29 is 4.79 Å². The van der Waals surface area contributed by atoms with E-state index >= 15 is 0 Å². The van der Waals surface area contributed by atoms with Crippen LogP contribution in [0.4, 0.5) is 0 Å². The van der Waals surface area contributed by atoms with Gasteiger partial charge in [-0.05, 0) is 68.0 Å². The van der Waals surface area contributed by atoms with Crippen LogP contribution in [0.25, 0.3) is 6.08 Å². The quantitative estimate of drug-likeness (QED) is 0.682. The van der Waals surface area contributed by atoms with Crippen molar-refractivity contribution in [3.63, 3.8) is 0 Å². The normalized spacial score (nSPS) is 16.1.